The van der Waals surface area contributed by atoms with Crippen molar-refractivity contribution >= 4 is 5.69 Å². The fourth-order valence-corrected chi connectivity index (χ4v) is 1.59. The Hall–Kier alpha value is -1.90. The number of aryl methyl sites for hydroxylation is 2. The van der Waals surface area contributed by atoms with Crippen molar-refractivity contribution in [2.24, 2.45) is 0 Å². The molecule has 2 aromatic rings. The average molecular weight is 213 g/mol. The molecule has 0 saturated heterocycles. The monoisotopic (exact) mass is 213 g/mol. The second kappa shape index (κ2) is 5.26. The number of rotatable bonds is 4. The molecule has 0 fully saturated rings. The minimum atomic E-state index is 0.815. The highest BCUT2D eigenvalue weighted by molar-refractivity contribution is 5.39. The van der Waals surface area contributed by atoms with E-state index in [4.69, 9.17) is 5.73 Å². The normalized spacial score (nSPS) is 10.2. The molecule has 0 radical (unpaired) electrons. The van der Waals surface area contributed by atoms with Gasteiger partial charge in [-0.15, -0.1) is 0 Å². The number of nitrogens with zero attached hydrogens (tertiary/aromatic N) is 2. The summed E-state index contributed by atoms with van der Waals surface area (Å²) in [4.78, 5) is 8.39. The summed E-state index contributed by atoms with van der Waals surface area (Å²) in [6, 6.07) is 9.86. The van der Waals surface area contributed by atoms with Crippen molar-refractivity contribution in [1.29, 1.82) is 0 Å². The van der Waals surface area contributed by atoms with Crippen LogP contribution in [0.4, 0.5) is 5.69 Å². The van der Waals surface area contributed by atoms with Crippen molar-refractivity contribution in [3.05, 3.63) is 54.1 Å². The minimum absolute atomic E-state index is 0.815. The number of anilines is 1. The third-order valence-electron chi connectivity index (χ3n) is 2.46. The van der Waals surface area contributed by atoms with Crippen LogP contribution in [0.15, 0.2) is 42.7 Å². The van der Waals surface area contributed by atoms with Crippen molar-refractivity contribution in [2.75, 3.05) is 5.73 Å². The molecular formula is C13H15N3. The van der Waals surface area contributed by atoms with Gasteiger partial charge in [0.15, 0.2) is 0 Å². The highest BCUT2D eigenvalue weighted by Crippen LogP contribution is 2.08. The largest absolute Gasteiger partial charge is 0.399 e. The summed E-state index contributed by atoms with van der Waals surface area (Å²) in [5.41, 5.74) is 7.75. The fourth-order valence-electron chi connectivity index (χ4n) is 1.59. The quantitative estimate of drug-likeness (QED) is 0.792. The molecule has 1 aromatic heterocycles. The van der Waals surface area contributed by atoms with Gasteiger partial charge in [-0.05, 0) is 36.6 Å². The van der Waals surface area contributed by atoms with Crippen LogP contribution in [0.5, 0.6) is 0 Å². The highest BCUT2D eigenvalue weighted by atomic mass is 14.8. The summed E-state index contributed by atoms with van der Waals surface area (Å²) in [5, 5.41) is 0. The van der Waals surface area contributed by atoms with E-state index in [1.807, 2.05) is 18.2 Å². The Morgan fingerprint density at radius 3 is 2.31 bits per heavy atom. The highest BCUT2D eigenvalue weighted by Gasteiger charge is 1.96. The molecule has 82 valence electrons. The SMILES string of the molecule is Nc1ccc(CCCc2ncccn2)cc1. The van der Waals surface area contributed by atoms with E-state index >= 15 is 0 Å². The lowest BCUT2D eigenvalue weighted by Crippen LogP contribution is -1.95. The molecule has 0 bridgehead atoms. The second-order valence-corrected chi connectivity index (χ2v) is 3.76. The van der Waals surface area contributed by atoms with Gasteiger partial charge in [0.2, 0.25) is 0 Å². The van der Waals surface area contributed by atoms with Crippen molar-refractivity contribution in [2.45, 2.75) is 19.3 Å². The smallest absolute Gasteiger partial charge is 0.128 e. The molecule has 0 atom stereocenters. The van der Waals surface area contributed by atoms with Gasteiger partial charge < -0.3 is 5.73 Å². The molecule has 3 nitrogen and oxygen atoms in total. The number of aromatic nitrogens is 2. The van der Waals surface area contributed by atoms with E-state index in [0.717, 1.165) is 30.8 Å². The van der Waals surface area contributed by atoms with Crippen LogP contribution in [0.1, 0.15) is 17.8 Å². The number of nitrogens with two attached hydrogens (primary N) is 1. The lowest BCUT2D eigenvalue weighted by atomic mass is 10.1. The van der Waals surface area contributed by atoms with Crippen LogP contribution in [0, 0.1) is 0 Å². The Labute approximate surface area is 95.4 Å². The predicted octanol–water partition coefficient (Wildman–Crippen LogP) is 2.23. The van der Waals surface area contributed by atoms with E-state index in [-0.39, 0.29) is 0 Å². The third kappa shape index (κ3) is 3.05. The van der Waals surface area contributed by atoms with Gasteiger partial charge in [-0.2, -0.15) is 0 Å². The molecule has 2 N–H and O–H groups in total. The number of nitrogen functional groups attached to an aromatic ring is 1. The van der Waals surface area contributed by atoms with Crippen molar-refractivity contribution in [3.63, 3.8) is 0 Å². The van der Waals surface area contributed by atoms with Crippen LogP contribution in [0.3, 0.4) is 0 Å². The number of hydrogen-bond donors (Lipinski definition) is 1. The van der Waals surface area contributed by atoms with Gasteiger partial charge in [-0.1, -0.05) is 12.1 Å². The Bertz CT molecular complexity index is 423. The molecule has 3 heteroatoms. The summed E-state index contributed by atoms with van der Waals surface area (Å²) < 4.78 is 0. The fraction of sp³-hybridized carbons (Fsp3) is 0.231. The third-order valence-corrected chi connectivity index (χ3v) is 2.46. The van der Waals surface area contributed by atoms with Gasteiger partial charge >= 0.3 is 0 Å². The molecule has 0 aliphatic heterocycles. The molecule has 0 spiro atoms. The van der Waals surface area contributed by atoms with Gasteiger partial charge in [0.1, 0.15) is 5.82 Å². The van der Waals surface area contributed by atoms with Crippen molar-refractivity contribution in [1.82, 2.24) is 9.97 Å². The zero-order valence-corrected chi connectivity index (χ0v) is 9.13. The minimum Gasteiger partial charge on any atom is -0.399 e. The first-order valence-corrected chi connectivity index (χ1v) is 5.45. The van der Waals surface area contributed by atoms with Gasteiger partial charge in [0, 0.05) is 24.5 Å². The Morgan fingerprint density at radius 1 is 0.938 bits per heavy atom. The molecule has 2 rings (SSSR count). The Kier molecular flexibility index (Phi) is 3.49. The van der Waals surface area contributed by atoms with Gasteiger partial charge in [0.25, 0.3) is 0 Å². The maximum absolute atomic E-state index is 5.63. The molecule has 1 aromatic carbocycles. The van der Waals surface area contributed by atoms with E-state index in [1.165, 1.54) is 5.56 Å². The molecular weight excluding hydrogens is 198 g/mol. The van der Waals surface area contributed by atoms with E-state index in [2.05, 4.69) is 22.1 Å². The van der Waals surface area contributed by atoms with Gasteiger partial charge in [-0.3, -0.25) is 0 Å². The lowest BCUT2D eigenvalue weighted by molar-refractivity contribution is 0.770. The summed E-state index contributed by atoms with van der Waals surface area (Å²) in [6.07, 6.45) is 6.59. The van der Waals surface area contributed by atoms with Crippen molar-refractivity contribution < 1.29 is 0 Å². The molecule has 0 aliphatic carbocycles. The molecule has 16 heavy (non-hydrogen) atoms. The molecule has 0 saturated carbocycles. The van der Waals surface area contributed by atoms with E-state index in [0.29, 0.717) is 0 Å². The van der Waals surface area contributed by atoms with Crippen molar-refractivity contribution in [3.8, 4) is 0 Å². The maximum Gasteiger partial charge on any atom is 0.128 e. The van der Waals surface area contributed by atoms with Crippen LogP contribution in [-0.4, -0.2) is 9.97 Å². The molecule has 0 amide bonds. The molecule has 1 heterocycles. The second-order valence-electron chi connectivity index (χ2n) is 3.76. The Morgan fingerprint density at radius 2 is 1.62 bits per heavy atom. The summed E-state index contributed by atoms with van der Waals surface area (Å²) >= 11 is 0. The van der Waals surface area contributed by atoms with Gasteiger partial charge in [0.05, 0.1) is 0 Å². The van der Waals surface area contributed by atoms with Gasteiger partial charge in [-0.25, -0.2) is 9.97 Å². The zero-order valence-electron chi connectivity index (χ0n) is 9.13. The standard InChI is InChI=1S/C13H15N3/c14-12-7-5-11(6-8-12)3-1-4-13-15-9-2-10-16-13/h2,5-10H,1,3-4,14H2. The van der Waals surface area contributed by atoms with E-state index < -0.39 is 0 Å². The molecule has 0 aliphatic rings. The first kappa shape index (κ1) is 10.6. The predicted molar refractivity (Wildman–Crippen MR) is 64.9 cm³/mol. The molecule has 0 unspecified atom stereocenters. The zero-order chi connectivity index (χ0) is 11.2. The van der Waals surface area contributed by atoms with Crippen LogP contribution >= 0.6 is 0 Å². The first-order chi connectivity index (χ1) is 7.84. The lowest BCUT2D eigenvalue weighted by Gasteiger charge is -2.01. The van der Waals surface area contributed by atoms with E-state index in [1.54, 1.807) is 12.4 Å². The maximum atomic E-state index is 5.63. The number of hydrogen-bond acceptors (Lipinski definition) is 3. The van der Waals surface area contributed by atoms with Crippen LogP contribution in [0.25, 0.3) is 0 Å². The Balaban J connectivity index is 1.82. The van der Waals surface area contributed by atoms with E-state index in [9.17, 15) is 0 Å². The van der Waals surface area contributed by atoms with Crippen LogP contribution in [0.2, 0.25) is 0 Å². The van der Waals surface area contributed by atoms with Crippen LogP contribution < -0.4 is 5.73 Å². The number of benzene rings is 1. The topological polar surface area (TPSA) is 51.8 Å². The summed E-state index contributed by atoms with van der Waals surface area (Å²) in [5.74, 6) is 0.915. The summed E-state index contributed by atoms with van der Waals surface area (Å²) in [7, 11) is 0. The summed E-state index contributed by atoms with van der Waals surface area (Å²) in [6.45, 7) is 0. The van der Waals surface area contributed by atoms with Crippen LogP contribution in [-0.2, 0) is 12.8 Å². The first-order valence-electron chi connectivity index (χ1n) is 5.45. The average Bonchev–Trinajstić information content (AvgIpc) is 2.33.